The molecule has 0 aliphatic rings. The van der Waals surface area contributed by atoms with Crippen molar-refractivity contribution in [2.45, 2.75) is 0 Å². The van der Waals surface area contributed by atoms with Crippen LogP contribution in [0.5, 0.6) is 23.0 Å². The zero-order valence-corrected chi connectivity index (χ0v) is 36.1. The maximum Gasteiger partial charge on any atom is 0.127 e. The average Bonchev–Trinajstić information content (AvgIpc) is 3.38. The van der Waals surface area contributed by atoms with E-state index in [9.17, 15) is 0 Å². The molecule has 11 aromatic carbocycles. The van der Waals surface area contributed by atoms with Gasteiger partial charge in [-0.05, 0) is 165 Å². The van der Waals surface area contributed by atoms with Gasteiger partial charge in [-0.3, -0.25) is 0 Å². The molecular formula is C62H44N2O2. The first-order chi connectivity index (χ1) is 32.7. The van der Waals surface area contributed by atoms with E-state index in [0.29, 0.717) is 0 Å². The number of ether oxygens (including phenoxy) is 2. The van der Waals surface area contributed by atoms with Gasteiger partial charge in [-0.15, -0.1) is 0 Å². The molecular weight excluding hydrogens is 805 g/mol. The topological polar surface area (TPSA) is 24.9 Å². The summed E-state index contributed by atoms with van der Waals surface area (Å²) < 4.78 is 12.3. The molecule has 11 aromatic rings. The first-order valence-electron chi connectivity index (χ1n) is 22.2. The van der Waals surface area contributed by atoms with Gasteiger partial charge in [0.15, 0.2) is 0 Å². The van der Waals surface area contributed by atoms with E-state index in [0.717, 1.165) is 79.4 Å². The summed E-state index contributed by atoms with van der Waals surface area (Å²) in [5.41, 5.74) is 11.0. The van der Waals surface area contributed by atoms with Crippen molar-refractivity contribution in [3.8, 4) is 45.3 Å². The molecule has 4 nitrogen and oxygen atoms in total. The maximum absolute atomic E-state index is 6.14. The smallest absolute Gasteiger partial charge is 0.127 e. The molecule has 66 heavy (non-hydrogen) atoms. The standard InChI is InChI=1S/C62H44N2O2/c1-3-15-59(16-4-1)65-61-39-35-55(36-40-61)63(57-33-27-45-11-7-9-13-51(45)43-57)53-29-23-49(24-30-53)47-19-21-48(22-20-47)50-25-31-54(32-26-50)64(58-34-28-46-12-8-10-14-52(46)44-58)56-37-41-62(42-38-56)66-60-17-5-2-6-18-60/h1-44H. The van der Waals surface area contributed by atoms with Crippen LogP contribution in [0, 0.1) is 0 Å². The molecule has 0 heterocycles. The van der Waals surface area contributed by atoms with E-state index < -0.39 is 0 Å². The zero-order chi connectivity index (χ0) is 44.1. The summed E-state index contributed by atoms with van der Waals surface area (Å²) in [6, 6.07) is 93.1. The van der Waals surface area contributed by atoms with Crippen molar-refractivity contribution in [2.75, 3.05) is 9.80 Å². The molecule has 0 aliphatic heterocycles. The molecule has 4 heteroatoms. The highest BCUT2D eigenvalue weighted by Gasteiger charge is 2.16. The molecule has 0 aliphatic carbocycles. The SMILES string of the molecule is c1ccc(Oc2ccc(N(c3ccc(-c4ccc(-c5ccc(N(c6ccc(Oc7ccccc7)cc6)c6ccc7ccccc7c6)cc5)cc4)cc3)c3ccc4ccccc4c3)cc2)cc1. The minimum absolute atomic E-state index is 0.789. The van der Waals surface area contributed by atoms with Crippen LogP contribution in [0.2, 0.25) is 0 Å². The van der Waals surface area contributed by atoms with Gasteiger partial charge < -0.3 is 19.3 Å². The molecule has 0 amide bonds. The second kappa shape index (κ2) is 18.1. The van der Waals surface area contributed by atoms with Gasteiger partial charge in [0.25, 0.3) is 0 Å². The Morgan fingerprint density at radius 3 is 0.803 bits per heavy atom. The highest BCUT2D eigenvalue weighted by Crippen LogP contribution is 2.40. The Hall–Kier alpha value is -8.86. The van der Waals surface area contributed by atoms with Gasteiger partial charge in [0.1, 0.15) is 23.0 Å². The van der Waals surface area contributed by atoms with E-state index in [4.69, 9.17) is 9.47 Å². The van der Waals surface area contributed by atoms with E-state index in [1.807, 2.05) is 84.9 Å². The summed E-state index contributed by atoms with van der Waals surface area (Å²) in [7, 11) is 0. The van der Waals surface area contributed by atoms with Crippen molar-refractivity contribution in [3.05, 3.63) is 267 Å². The van der Waals surface area contributed by atoms with Crippen LogP contribution in [0.4, 0.5) is 34.1 Å². The Morgan fingerprint density at radius 1 is 0.197 bits per heavy atom. The van der Waals surface area contributed by atoms with Crippen LogP contribution in [0.1, 0.15) is 0 Å². The lowest BCUT2D eigenvalue weighted by Gasteiger charge is -2.26. The van der Waals surface area contributed by atoms with Crippen molar-refractivity contribution in [2.24, 2.45) is 0 Å². The van der Waals surface area contributed by atoms with E-state index in [1.165, 1.54) is 21.5 Å². The number of rotatable bonds is 12. The van der Waals surface area contributed by atoms with Gasteiger partial charge in [0.2, 0.25) is 0 Å². The molecule has 0 N–H and O–H groups in total. The highest BCUT2D eigenvalue weighted by molar-refractivity contribution is 5.91. The van der Waals surface area contributed by atoms with Crippen molar-refractivity contribution in [1.82, 2.24) is 0 Å². The minimum Gasteiger partial charge on any atom is -0.457 e. The second-order valence-electron chi connectivity index (χ2n) is 16.2. The van der Waals surface area contributed by atoms with Crippen LogP contribution in [0.15, 0.2) is 267 Å². The number of para-hydroxylation sites is 2. The van der Waals surface area contributed by atoms with E-state index in [-0.39, 0.29) is 0 Å². The van der Waals surface area contributed by atoms with Crippen LogP contribution < -0.4 is 19.3 Å². The van der Waals surface area contributed by atoms with E-state index in [2.05, 4.69) is 192 Å². The van der Waals surface area contributed by atoms with Gasteiger partial charge in [-0.1, -0.05) is 146 Å². The summed E-state index contributed by atoms with van der Waals surface area (Å²) in [6.45, 7) is 0. The summed E-state index contributed by atoms with van der Waals surface area (Å²) in [5, 5.41) is 4.80. The van der Waals surface area contributed by atoms with Crippen LogP contribution in [0.3, 0.4) is 0 Å². The molecule has 0 spiro atoms. The summed E-state index contributed by atoms with van der Waals surface area (Å²) in [4.78, 5) is 4.60. The molecule has 0 atom stereocenters. The number of anilines is 6. The van der Waals surface area contributed by atoms with Crippen LogP contribution >= 0.6 is 0 Å². The molecule has 0 radical (unpaired) electrons. The fourth-order valence-corrected chi connectivity index (χ4v) is 8.56. The maximum atomic E-state index is 6.14. The normalized spacial score (nSPS) is 11.0. The van der Waals surface area contributed by atoms with Crippen molar-refractivity contribution >= 4 is 55.7 Å². The Bertz CT molecular complexity index is 3140. The minimum atomic E-state index is 0.789. The number of benzene rings is 11. The zero-order valence-electron chi connectivity index (χ0n) is 36.1. The Kier molecular flexibility index (Phi) is 10.9. The predicted molar refractivity (Wildman–Crippen MR) is 275 cm³/mol. The third-order valence-corrected chi connectivity index (χ3v) is 11.9. The first-order valence-corrected chi connectivity index (χ1v) is 22.2. The Balaban J connectivity index is 0.850. The predicted octanol–water partition coefficient (Wildman–Crippen LogP) is 17.9. The molecule has 0 bridgehead atoms. The quantitative estimate of drug-likeness (QED) is 0.122. The fourth-order valence-electron chi connectivity index (χ4n) is 8.56. The number of nitrogens with zero attached hydrogens (tertiary/aromatic N) is 2. The molecule has 314 valence electrons. The van der Waals surface area contributed by atoms with E-state index >= 15 is 0 Å². The monoisotopic (exact) mass is 848 g/mol. The van der Waals surface area contributed by atoms with Crippen molar-refractivity contribution in [3.63, 3.8) is 0 Å². The van der Waals surface area contributed by atoms with Crippen LogP contribution in [-0.2, 0) is 0 Å². The van der Waals surface area contributed by atoms with Gasteiger partial charge in [0, 0.05) is 34.1 Å². The third kappa shape index (κ3) is 8.59. The molecule has 0 saturated heterocycles. The fraction of sp³-hybridized carbons (Fsp3) is 0. The number of hydrogen-bond acceptors (Lipinski definition) is 4. The summed E-state index contributed by atoms with van der Waals surface area (Å²) in [6.07, 6.45) is 0. The lowest BCUT2D eigenvalue weighted by molar-refractivity contribution is 0.482. The second-order valence-corrected chi connectivity index (χ2v) is 16.2. The van der Waals surface area contributed by atoms with Gasteiger partial charge in [0.05, 0.1) is 0 Å². The average molecular weight is 849 g/mol. The van der Waals surface area contributed by atoms with E-state index in [1.54, 1.807) is 0 Å². The molecule has 11 rings (SSSR count). The van der Waals surface area contributed by atoms with Gasteiger partial charge in [-0.25, -0.2) is 0 Å². The lowest BCUT2D eigenvalue weighted by atomic mass is 9.99. The third-order valence-electron chi connectivity index (χ3n) is 11.9. The van der Waals surface area contributed by atoms with Crippen molar-refractivity contribution < 1.29 is 9.47 Å². The van der Waals surface area contributed by atoms with Crippen LogP contribution in [0.25, 0.3) is 43.8 Å². The largest absolute Gasteiger partial charge is 0.457 e. The van der Waals surface area contributed by atoms with Gasteiger partial charge in [-0.2, -0.15) is 0 Å². The molecule has 0 unspecified atom stereocenters. The van der Waals surface area contributed by atoms with Crippen LogP contribution in [-0.4, -0.2) is 0 Å². The lowest BCUT2D eigenvalue weighted by Crippen LogP contribution is -2.09. The Labute approximate surface area is 385 Å². The molecule has 0 saturated carbocycles. The first kappa shape index (κ1) is 40.0. The number of fused-ring (bicyclic) bond motifs is 2. The summed E-state index contributed by atoms with van der Waals surface area (Å²) >= 11 is 0. The molecule has 0 fully saturated rings. The van der Waals surface area contributed by atoms with Gasteiger partial charge >= 0.3 is 0 Å². The number of hydrogen-bond donors (Lipinski definition) is 0. The summed E-state index contributed by atoms with van der Waals surface area (Å²) in [5.74, 6) is 3.20. The molecule has 0 aromatic heterocycles. The van der Waals surface area contributed by atoms with Crippen molar-refractivity contribution in [1.29, 1.82) is 0 Å². The Morgan fingerprint density at radius 2 is 0.455 bits per heavy atom. The highest BCUT2D eigenvalue weighted by atomic mass is 16.5.